The first-order chi connectivity index (χ1) is 16.0. The number of carbonyl (C=O) groups is 1. The number of halogens is 2. The van der Waals surface area contributed by atoms with Gasteiger partial charge in [-0.25, -0.2) is 14.2 Å². The molecule has 0 bridgehead atoms. The number of phenolic OH excluding ortho intramolecular Hbond substituents is 1. The minimum absolute atomic E-state index is 0.101. The highest BCUT2D eigenvalue weighted by molar-refractivity contribution is 5.98. The van der Waals surface area contributed by atoms with Crippen LogP contribution in [0.25, 0.3) is 11.1 Å². The highest BCUT2D eigenvalue weighted by atomic mass is 19.1. The number of nitrogens with one attached hydrogen (secondary N) is 1. The van der Waals surface area contributed by atoms with Gasteiger partial charge in [-0.1, -0.05) is 36.4 Å². The number of para-hydroxylation sites is 1. The molecular weight excluding hydrogens is 426 g/mol. The average Bonchev–Trinajstić information content (AvgIpc) is 2.80. The Kier molecular flexibility index (Phi) is 6.40. The van der Waals surface area contributed by atoms with Crippen LogP contribution in [0.5, 0.6) is 17.2 Å². The van der Waals surface area contributed by atoms with Crippen molar-refractivity contribution in [3.63, 3.8) is 0 Å². The van der Waals surface area contributed by atoms with Crippen LogP contribution in [0, 0.1) is 11.6 Å². The van der Waals surface area contributed by atoms with E-state index in [0.717, 1.165) is 12.1 Å². The number of hydrogen-bond donors (Lipinski definition) is 2. The molecule has 0 heterocycles. The summed E-state index contributed by atoms with van der Waals surface area (Å²) in [6.45, 7) is 0. The third-order valence-electron chi connectivity index (χ3n) is 4.70. The van der Waals surface area contributed by atoms with Gasteiger partial charge in [0.25, 0.3) is 5.91 Å². The number of amides is 1. The van der Waals surface area contributed by atoms with Gasteiger partial charge in [0.15, 0.2) is 0 Å². The van der Waals surface area contributed by atoms with Crippen molar-refractivity contribution in [1.82, 2.24) is 5.43 Å². The van der Waals surface area contributed by atoms with Crippen molar-refractivity contribution < 1.29 is 23.4 Å². The molecule has 0 spiro atoms. The van der Waals surface area contributed by atoms with Crippen molar-refractivity contribution in [2.45, 2.75) is 0 Å². The molecule has 0 atom stereocenters. The maximum atomic E-state index is 14.1. The molecule has 2 N–H and O–H groups in total. The molecule has 0 fully saturated rings. The molecule has 5 nitrogen and oxygen atoms in total. The fourth-order valence-electron chi connectivity index (χ4n) is 3.12. The summed E-state index contributed by atoms with van der Waals surface area (Å²) in [7, 11) is 0. The largest absolute Gasteiger partial charge is 0.507 e. The standard InChI is InChI=1S/C26H18F2N2O3/c27-19-10-11-22(24(28)15-19)18-9-12-25(31)23(14-18)26(32)30-29-16-17-5-4-8-21(13-17)33-20-6-2-1-3-7-20/h1-16,31H,(H,30,32)/b29-16+. The number of ether oxygens (including phenoxy) is 1. The van der Waals surface area contributed by atoms with Gasteiger partial charge in [-0.3, -0.25) is 4.79 Å². The maximum Gasteiger partial charge on any atom is 0.275 e. The molecule has 164 valence electrons. The zero-order chi connectivity index (χ0) is 23.2. The van der Waals surface area contributed by atoms with Crippen molar-refractivity contribution in [2.24, 2.45) is 5.10 Å². The number of phenols is 1. The Morgan fingerprint density at radius 2 is 1.67 bits per heavy atom. The van der Waals surface area contributed by atoms with Crippen LogP contribution >= 0.6 is 0 Å². The van der Waals surface area contributed by atoms with Crippen molar-refractivity contribution in [3.8, 4) is 28.4 Å². The molecule has 7 heteroatoms. The van der Waals surface area contributed by atoms with E-state index in [9.17, 15) is 18.7 Å². The van der Waals surface area contributed by atoms with E-state index >= 15 is 0 Å². The van der Waals surface area contributed by atoms with Gasteiger partial charge in [0.2, 0.25) is 0 Å². The molecule has 0 saturated heterocycles. The fourth-order valence-corrected chi connectivity index (χ4v) is 3.12. The van der Waals surface area contributed by atoms with Crippen LogP contribution in [0.15, 0.2) is 96.1 Å². The predicted octanol–water partition coefficient (Wildman–Crippen LogP) is 5.89. The van der Waals surface area contributed by atoms with Gasteiger partial charge in [0.05, 0.1) is 11.8 Å². The van der Waals surface area contributed by atoms with Crippen LogP contribution in [-0.2, 0) is 0 Å². The monoisotopic (exact) mass is 444 g/mol. The molecular formula is C26H18F2N2O3. The summed E-state index contributed by atoms with van der Waals surface area (Å²) in [6, 6.07) is 23.5. The van der Waals surface area contributed by atoms with E-state index in [2.05, 4.69) is 10.5 Å². The third-order valence-corrected chi connectivity index (χ3v) is 4.70. The van der Waals surface area contributed by atoms with E-state index < -0.39 is 17.5 Å². The molecule has 0 aliphatic rings. The lowest BCUT2D eigenvalue weighted by molar-refractivity contribution is 0.0952. The molecule has 4 rings (SSSR count). The number of carbonyl (C=O) groups excluding carboxylic acids is 1. The molecule has 4 aromatic rings. The Labute approximate surface area is 188 Å². The summed E-state index contributed by atoms with van der Waals surface area (Å²) in [5.74, 6) is -1.18. The Morgan fingerprint density at radius 1 is 0.879 bits per heavy atom. The summed E-state index contributed by atoms with van der Waals surface area (Å²) in [5.41, 5.74) is 3.32. The number of rotatable bonds is 6. The second-order valence-corrected chi connectivity index (χ2v) is 7.04. The number of hydrogen-bond acceptors (Lipinski definition) is 4. The molecule has 0 unspecified atom stereocenters. The SMILES string of the molecule is O=C(N/N=C/c1cccc(Oc2ccccc2)c1)c1cc(-c2ccc(F)cc2F)ccc1O. The molecule has 0 saturated carbocycles. The van der Waals surface area contributed by atoms with Gasteiger partial charge in [0, 0.05) is 11.6 Å². The number of nitrogens with zero attached hydrogens (tertiary/aromatic N) is 1. The molecule has 1 amide bonds. The Bertz CT molecular complexity index is 1320. The van der Waals surface area contributed by atoms with Crippen LogP contribution in [0.1, 0.15) is 15.9 Å². The minimum atomic E-state index is -0.775. The van der Waals surface area contributed by atoms with E-state index in [0.29, 0.717) is 22.6 Å². The minimum Gasteiger partial charge on any atom is -0.507 e. The molecule has 4 aromatic carbocycles. The van der Waals surface area contributed by atoms with Crippen molar-refractivity contribution >= 4 is 12.1 Å². The first-order valence-corrected chi connectivity index (χ1v) is 9.94. The van der Waals surface area contributed by atoms with Gasteiger partial charge in [0.1, 0.15) is 28.9 Å². The maximum absolute atomic E-state index is 14.1. The smallest absolute Gasteiger partial charge is 0.275 e. The lowest BCUT2D eigenvalue weighted by Gasteiger charge is -2.08. The van der Waals surface area contributed by atoms with Crippen LogP contribution in [0.2, 0.25) is 0 Å². The predicted molar refractivity (Wildman–Crippen MR) is 121 cm³/mol. The summed E-state index contributed by atoms with van der Waals surface area (Å²) < 4.78 is 33.0. The number of hydrazone groups is 1. The topological polar surface area (TPSA) is 70.9 Å². The molecule has 0 aliphatic heterocycles. The lowest BCUT2D eigenvalue weighted by Crippen LogP contribution is -2.17. The van der Waals surface area contributed by atoms with Gasteiger partial charge < -0.3 is 9.84 Å². The summed E-state index contributed by atoms with van der Waals surface area (Å²) in [5, 5.41) is 14.0. The summed E-state index contributed by atoms with van der Waals surface area (Å²) >= 11 is 0. The van der Waals surface area contributed by atoms with Crippen LogP contribution in [0.3, 0.4) is 0 Å². The zero-order valence-electron chi connectivity index (χ0n) is 17.2. The first-order valence-electron chi connectivity index (χ1n) is 9.94. The Morgan fingerprint density at radius 3 is 2.45 bits per heavy atom. The van der Waals surface area contributed by atoms with E-state index in [1.165, 1.54) is 30.5 Å². The molecule has 33 heavy (non-hydrogen) atoms. The van der Waals surface area contributed by atoms with Gasteiger partial charge in [-0.05, 0) is 59.7 Å². The zero-order valence-corrected chi connectivity index (χ0v) is 17.2. The second-order valence-electron chi connectivity index (χ2n) is 7.04. The van der Waals surface area contributed by atoms with Gasteiger partial charge in [-0.2, -0.15) is 5.10 Å². The van der Waals surface area contributed by atoms with E-state index in [1.54, 1.807) is 24.3 Å². The second kappa shape index (κ2) is 9.74. The normalized spacial score (nSPS) is 10.8. The third kappa shape index (κ3) is 5.40. The van der Waals surface area contributed by atoms with E-state index in [1.807, 2.05) is 30.3 Å². The van der Waals surface area contributed by atoms with Crippen LogP contribution < -0.4 is 10.2 Å². The summed E-state index contributed by atoms with van der Waals surface area (Å²) in [6.07, 6.45) is 1.43. The lowest BCUT2D eigenvalue weighted by atomic mass is 10.0. The first kappa shape index (κ1) is 21.7. The highest BCUT2D eigenvalue weighted by Crippen LogP contribution is 2.28. The van der Waals surface area contributed by atoms with E-state index in [4.69, 9.17) is 4.74 Å². The van der Waals surface area contributed by atoms with Gasteiger partial charge >= 0.3 is 0 Å². The quantitative estimate of drug-likeness (QED) is 0.288. The molecule has 0 aromatic heterocycles. The van der Waals surface area contributed by atoms with Crippen LogP contribution in [-0.4, -0.2) is 17.2 Å². The summed E-state index contributed by atoms with van der Waals surface area (Å²) in [4.78, 5) is 12.5. The average molecular weight is 444 g/mol. The molecule has 0 aliphatic carbocycles. The molecule has 0 radical (unpaired) electrons. The fraction of sp³-hybridized carbons (Fsp3) is 0. The Hall–Kier alpha value is -4.52. The number of benzene rings is 4. The van der Waals surface area contributed by atoms with Gasteiger partial charge in [-0.15, -0.1) is 0 Å². The number of aromatic hydroxyl groups is 1. The Balaban J connectivity index is 1.47. The van der Waals surface area contributed by atoms with E-state index in [-0.39, 0.29) is 16.9 Å². The van der Waals surface area contributed by atoms with Crippen molar-refractivity contribution in [3.05, 3.63) is 114 Å². The van der Waals surface area contributed by atoms with Crippen molar-refractivity contribution in [1.29, 1.82) is 0 Å². The highest BCUT2D eigenvalue weighted by Gasteiger charge is 2.14. The van der Waals surface area contributed by atoms with Crippen LogP contribution in [0.4, 0.5) is 8.78 Å². The van der Waals surface area contributed by atoms with Crippen molar-refractivity contribution in [2.75, 3.05) is 0 Å².